The first kappa shape index (κ1) is 17.2. The first-order chi connectivity index (χ1) is 13.3. The molecule has 2 saturated heterocycles. The summed E-state index contributed by atoms with van der Waals surface area (Å²) in [4.78, 5) is 8.15. The molecule has 0 radical (unpaired) electrons. The van der Waals surface area contributed by atoms with Gasteiger partial charge in [0, 0.05) is 56.5 Å². The molecule has 142 valence electrons. The normalized spacial score (nSPS) is 23.1. The number of aromatic nitrogens is 1. The van der Waals surface area contributed by atoms with Crippen LogP contribution in [0, 0.1) is 0 Å². The van der Waals surface area contributed by atoms with Crippen molar-refractivity contribution in [3.05, 3.63) is 47.7 Å². The van der Waals surface area contributed by atoms with Crippen molar-refractivity contribution in [2.45, 2.75) is 36.1 Å². The van der Waals surface area contributed by atoms with Gasteiger partial charge in [0.1, 0.15) is 5.82 Å². The molecule has 2 aromatic rings. The van der Waals surface area contributed by atoms with Crippen LogP contribution >= 0.6 is 0 Å². The Balaban J connectivity index is 1.38. The number of pyridine rings is 1. The van der Waals surface area contributed by atoms with E-state index in [1.807, 2.05) is 0 Å². The second kappa shape index (κ2) is 7.24. The Hall–Kier alpha value is -1.92. The SMILES string of the molecule is O=[S@]1CCc2nc(N3CC(c4ccccc4)C3)cc(NC3CCOCC3)c21. The zero-order valence-corrected chi connectivity index (χ0v) is 16.2. The number of nitrogens with zero attached hydrogens (tertiary/aromatic N) is 2. The van der Waals surface area contributed by atoms with Gasteiger partial charge in [-0.05, 0) is 18.4 Å². The Morgan fingerprint density at radius 1 is 1.15 bits per heavy atom. The van der Waals surface area contributed by atoms with E-state index in [-0.39, 0.29) is 0 Å². The summed E-state index contributed by atoms with van der Waals surface area (Å²) in [5.41, 5.74) is 3.45. The molecule has 0 aliphatic carbocycles. The van der Waals surface area contributed by atoms with Crippen LogP contribution in [0.25, 0.3) is 0 Å². The van der Waals surface area contributed by atoms with Gasteiger partial charge in [-0.3, -0.25) is 4.21 Å². The summed E-state index contributed by atoms with van der Waals surface area (Å²) in [6.07, 6.45) is 2.81. The third-order valence-electron chi connectivity index (χ3n) is 5.84. The lowest BCUT2D eigenvalue weighted by atomic mass is 9.91. The van der Waals surface area contributed by atoms with Crippen LogP contribution in [-0.2, 0) is 22.0 Å². The predicted octanol–water partition coefficient (Wildman–Crippen LogP) is 2.94. The molecule has 3 aliphatic heterocycles. The summed E-state index contributed by atoms with van der Waals surface area (Å²) in [5, 5.41) is 3.66. The van der Waals surface area contributed by atoms with Gasteiger partial charge >= 0.3 is 0 Å². The molecule has 0 saturated carbocycles. The molecule has 0 unspecified atom stereocenters. The summed E-state index contributed by atoms with van der Waals surface area (Å²) in [6, 6.07) is 13.2. The zero-order chi connectivity index (χ0) is 18.2. The van der Waals surface area contributed by atoms with E-state index in [1.165, 1.54) is 5.56 Å². The van der Waals surface area contributed by atoms with E-state index in [2.05, 4.69) is 46.6 Å². The standard InChI is InChI=1S/C21H25N3O2S/c25-27-11-8-18-21(27)19(22-17-6-9-26-10-7-17)12-20(23-18)24-13-16(14-24)15-4-2-1-3-5-15/h1-5,12,16-17H,6-11,13-14H2,(H,22,23)/t27-/m0/s1. The quantitative estimate of drug-likeness (QED) is 0.880. The van der Waals surface area contributed by atoms with E-state index in [1.54, 1.807) is 0 Å². The molecule has 1 aromatic heterocycles. The van der Waals surface area contributed by atoms with Gasteiger partial charge in [-0.2, -0.15) is 0 Å². The minimum atomic E-state index is -0.931. The van der Waals surface area contributed by atoms with Gasteiger partial charge in [0.2, 0.25) is 0 Å². The molecule has 3 aliphatic rings. The highest BCUT2D eigenvalue weighted by Crippen LogP contribution is 2.37. The lowest BCUT2D eigenvalue weighted by Crippen LogP contribution is -2.45. The first-order valence-electron chi connectivity index (χ1n) is 9.84. The molecule has 4 heterocycles. The zero-order valence-electron chi connectivity index (χ0n) is 15.4. The molecule has 6 heteroatoms. The van der Waals surface area contributed by atoms with Crippen LogP contribution in [0.15, 0.2) is 41.3 Å². The molecule has 5 rings (SSSR count). The Kier molecular flexibility index (Phi) is 4.61. The minimum Gasteiger partial charge on any atom is -0.381 e. The van der Waals surface area contributed by atoms with Crippen molar-refractivity contribution in [1.29, 1.82) is 0 Å². The number of nitrogens with one attached hydrogen (secondary N) is 1. The van der Waals surface area contributed by atoms with Crippen molar-refractivity contribution >= 4 is 22.3 Å². The van der Waals surface area contributed by atoms with Crippen LogP contribution in [0.2, 0.25) is 0 Å². The highest BCUT2D eigenvalue weighted by atomic mass is 32.2. The molecule has 1 aromatic carbocycles. The van der Waals surface area contributed by atoms with E-state index in [0.717, 1.165) is 67.7 Å². The van der Waals surface area contributed by atoms with Crippen molar-refractivity contribution in [2.75, 3.05) is 42.3 Å². The van der Waals surface area contributed by atoms with Gasteiger partial charge in [-0.1, -0.05) is 30.3 Å². The molecular weight excluding hydrogens is 358 g/mol. The van der Waals surface area contributed by atoms with Gasteiger partial charge in [-0.25, -0.2) is 4.98 Å². The van der Waals surface area contributed by atoms with Crippen LogP contribution in [0.4, 0.5) is 11.5 Å². The number of fused-ring (bicyclic) bond motifs is 1. The highest BCUT2D eigenvalue weighted by molar-refractivity contribution is 7.85. The van der Waals surface area contributed by atoms with Gasteiger partial charge in [0.25, 0.3) is 0 Å². The number of ether oxygens (including phenoxy) is 1. The van der Waals surface area contributed by atoms with E-state index in [4.69, 9.17) is 9.72 Å². The summed E-state index contributed by atoms with van der Waals surface area (Å²) >= 11 is 0. The van der Waals surface area contributed by atoms with Crippen molar-refractivity contribution in [2.24, 2.45) is 0 Å². The Morgan fingerprint density at radius 2 is 1.93 bits per heavy atom. The second-order valence-corrected chi connectivity index (χ2v) is 9.15. The maximum Gasteiger partial charge on any atom is 0.131 e. The molecule has 27 heavy (non-hydrogen) atoms. The molecule has 0 amide bonds. The van der Waals surface area contributed by atoms with Gasteiger partial charge in [-0.15, -0.1) is 0 Å². The molecule has 2 fully saturated rings. The largest absolute Gasteiger partial charge is 0.381 e. The maximum atomic E-state index is 12.5. The average molecular weight is 384 g/mol. The summed E-state index contributed by atoms with van der Waals surface area (Å²) < 4.78 is 18.0. The minimum absolute atomic E-state index is 0.393. The lowest BCUT2D eigenvalue weighted by molar-refractivity contribution is 0.0904. The number of hydrogen-bond acceptors (Lipinski definition) is 5. The van der Waals surface area contributed by atoms with Crippen LogP contribution in [0.3, 0.4) is 0 Å². The molecule has 1 N–H and O–H groups in total. The van der Waals surface area contributed by atoms with Crippen LogP contribution in [0.5, 0.6) is 0 Å². The number of rotatable bonds is 4. The Bertz CT molecular complexity index is 846. The summed E-state index contributed by atoms with van der Waals surface area (Å²) in [5.74, 6) is 2.29. The van der Waals surface area contributed by atoms with Gasteiger partial charge in [0.15, 0.2) is 0 Å². The van der Waals surface area contributed by atoms with E-state index in [0.29, 0.717) is 17.7 Å². The monoisotopic (exact) mass is 383 g/mol. The van der Waals surface area contributed by atoms with Crippen LogP contribution in [-0.4, -0.2) is 47.3 Å². The number of hydrogen-bond donors (Lipinski definition) is 1. The van der Waals surface area contributed by atoms with Gasteiger partial charge in [0.05, 0.1) is 27.1 Å². The first-order valence-corrected chi connectivity index (χ1v) is 11.2. The third kappa shape index (κ3) is 3.36. The van der Waals surface area contributed by atoms with E-state index < -0.39 is 10.8 Å². The Labute approximate surface area is 162 Å². The van der Waals surface area contributed by atoms with Crippen molar-refractivity contribution in [1.82, 2.24) is 4.98 Å². The number of benzene rings is 1. The maximum absolute atomic E-state index is 12.5. The van der Waals surface area contributed by atoms with Gasteiger partial charge < -0.3 is 15.0 Å². The fourth-order valence-corrected chi connectivity index (χ4v) is 5.58. The number of aryl methyl sites for hydroxylation is 1. The van der Waals surface area contributed by atoms with Crippen molar-refractivity contribution in [3.8, 4) is 0 Å². The number of anilines is 2. The topological polar surface area (TPSA) is 54.5 Å². The molecule has 0 bridgehead atoms. The smallest absolute Gasteiger partial charge is 0.131 e. The fourth-order valence-electron chi connectivity index (χ4n) is 4.22. The van der Waals surface area contributed by atoms with Crippen LogP contribution in [0.1, 0.15) is 30.0 Å². The summed E-state index contributed by atoms with van der Waals surface area (Å²) in [6.45, 7) is 3.59. The summed E-state index contributed by atoms with van der Waals surface area (Å²) in [7, 11) is -0.931. The highest BCUT2D eigenvalue weighted by Gasteiger charge is 2.32. The van der Waals surface area contributed by atoms with Crippen LogP contribution < -0.4 is 10.2 Å². The van der Waals surface area contributed by atoms with E-state index >= 15 is 0 Å². The molecular formula is C21H25N3O2S. The molecule has 1 atom stereocenters. The lowest BCUT2D eigenvalue weighted by Gasteiger charge is -2.41. The Morgan fingerprint density at radius 3 is 2.70 bits per heavy atom. The van der Waals surface area contributed by atoms with Crippen molar-refractivity contribution in [3.63, 3.8) is 0 Å². The molecule has 0 spiro atoms. The van der Waals surface area contributed by atoms with Crippen molar-refractivity contribution < 1.29 is 8.95 Å². The average Bonchev–Trinajstić information content (AvgIpc) is 3.04. The molecule has 5 nitrogen and oxygen atoms in total. The predicted molar refractivity (Wildman–Crippen MR) is 108 cm³/mol. The second-order valence-electron chi connectivity index (χ2n) is 7.65. The third-order valence-corrected chi connectivity index (χ3v) is 7.32. The fraction of sp³-hybridized carbons (Fsp3) is 0.476. The van der Waals surface area contributed by atoms with E-state index in [9.17, 15) is 4.21 Å².